The van der Waals surface area contributed by atoms with E-state index >= 15 is 0 Å². The maximum absolute atomic E-state index is 13.2. The smallest absolute Gasteiger partial charge is 0.294 e. The van der Waals surface area contributed by atoms with E-state index in [-0.39, 0.29) is 11.4 Å². The first-order chi connectivity index (χ1) is 18.4. The van der Waals surface area contributed by atoms with Crippen LogP contribution in [0.3, 0.4) is 0 Å². The van der Waals surface area contributed by atoms with Gasteiger partial charge >= 0.3 is 0 Å². The number of ether oxygens (including phenoxy) is 1. The van der Waals surface area contributed by atoms with Gasteiger partial charge in [0, 0.05) is 11.3 Å². The maximum Gasteiger partial charge on any atom is 0.294 e. The number of aryl methyl sites for hydroxylation is 2. The van der Waals surface area contributed by atoms with Crippen molar-refractivity contribution in [1.29, 1.82) is 0 Å². The quantitative estimate of drug-likeness (QED) is 0.273. The molecule has 3 amide bonds. The Labute approximate surface area is 225 Å². The molecule has 1 N–H and O–H groups in total. The topological polar surface area (TPSA) is 75.7 Å². The van der Waals surface area contributed by atoms with Crippen LogP contribution in [-0.2, 0) is 16.2 Å². The van der Waals surface area contributed by atoms with Gasteiger partial charge in [-0.05, 0) is 65.7 Å². The monoisotopic (exact) mass is 522 g/mol. The van der Waals surface area contributed by atoms with Gasteiger partial charge in [-0.1, -0.05) is 78.4 Å². The van der Waals surface area contributed by atoms with Gasteiger partial charge in [-0.15, -0.1) is 0 Å². The van der Waals surface area contributed by atoms with Crippen LogP contribution in [0.15, 0.2) is 89.8 Å². The summed E-state index contributed by atoms with van der Waals surface area (Å²) in [6.07, 6.45) is 1.69. The van der Waals surface area contributed by atoms with Crippen molar-refractivity contribution in [3.05, 3.63) is 112 Å². The lowest BCUT2D eigenvalue weighted by Crippen LogP contribution is -2.36. The fraction of sp³-hybridized carbons (Fsp3) is 0.129. The molecular weight excluding hydrogens is 496 g/mol. The number of amides is 3. The summed E-state index contributed by atoms with van der Waals surface area (Å²) in [4.78, 5) is 39.9. The summed E-state index contributed by atoms with van der Waals surface area (Å²) in [7, 11) is 0. The summed E-state index contributed by atoms with van der Waals surface area (Å²) in [5.74, 6) is -0.331. The molecule has 0 spiro atoms. The predicted molar refractivity (Wildman–Crippen MR) is 152 cm³/mol. The van der Waals surface area contributed by atoms with E-state index in [0.717, 1.165) is 44.1 Å². The highest BCUT2D eigenvalue weighted by molar-refractivity contribution is 8.18. The molecule has 1 aliphatic heterocycles. The molecule has 0 atom stereocenters. The number of fused-ring (bicyclic) bond motifs is 1. The van der Waals surface area contributed by atoms with Gasteiger partial charge in [0.15, 0.2) is 0 Å². The highest BCUT2D eigenvalue weighted by Gasteiger charge is 2.36. The summed E-state index contributed by atoms with van der Waals surface area (Å²) < 4.78 is 6.15. The van der Waals surface area contributed by atoms with Crippen LogP contribution in [-0.4, -0.2) is 28.5 Å². The Bertz CT molecular complexity index is 1580. The number of anilines is 1. The Hall–Kier alpha value is -4.36. The van der Waals surface area contributed by atoms with E-state index in [2.05, 4.69) is 5.32 Å². The average Bonchev–Trinajstić information content (AvgIpc) is 3.17. The molecule has 1 fully saturated rings. The number of carbonyl (C=O) groups excluding carboxylic acids is 3. The Morgan fingerprint density at radius 3 is 2.50 bits per heavy atom. The number of carbonyl (C=O) groups is 3. The average molecular weight is 523 g/mol. The molecule has 0 saturated carbocycles. The van der Waals surface area contributed by atoms with Gasteiger partial charge in [-0.25, -0.2) is 0 Å². The molecular formula is C31H26N2O4S. The van der Waals surface area contributed by atoms with Gasteiger partial charge < -0.3 is 10.1 Å². The van der Waals surface area contributed by atoms with E-state index in [1.165, 1.54) is 0 Å². The number of nitrogens with zero attached hydrogens (tertiary/aromatic N) is 1. The van der Waals surface area contributed by atoms with Crippen molar-refractivity contribution >= 4 is 51.4 Å². The second-order valence-corrected chi connectivity index (χ2v) is 10.1. The van der Waals surface area contributed by atoms with Crippen molar-refractivity contribution in [3.8, 4) is 5.75 Å². The van der Waals surface area contributed by atoms with Crippen LogP contribution in [0.5, 0.6) is 5.75 Å². The van der Waals surface area contributed by atoms with E-state index in [4.69, 9.17) is 4.74 Å². The molecule has 38 heavy (non-hydrogen) atoms. The van der Waals surface area contributed by atoms with Gasteiger partial charge in [0.2, 0.25) is 5.91 Å². The Kier molecular flexibility index (Phi) is 7.29. The van der Waals surface area contributed by atoms with Crippen LogP contribution in [0.1, 0.15) is 22.3 Å². The molecule has 4 aromatic carbocycles. The Morgan fingerprint density at radius 2 is 1.71 bits per heavy atom. The predicted octanol–water partition coefficient (Wildman–Crippen LogP) is 6.71. The fourth-order valence-corrected chi connectivity index (χ4v) is 5.16. The first-order valence-corrected chi connectivity index (χ1v) is 13.0. The number of hydrogen-bond acceptors (Lipinski definition) is 5. The molecule has 0 radical (unpaired) electrons. The highest BCUT2D eigenvalue weighted by atomic mass is 32.2. The molecule has 1 heterocycles. The summed E-state index contributed by atoms with van der Waals surface area (Å²) in [6.45, 7) is 3.87. The van der Waals surface area contributed by atoms with E-state index in [9.17, 15) is 14.4 Å². The van der Waals surface area contributed by atoms with Crippen molar-refractivity contribution in [1.82, 2.24) is 4.90 Å². The summed E-state index contributed by atoms with van der Waals surface area (Å²) in [6, 6.07) is 27.1. The number of benzene rings is 4. The molecule has 0 aliphatic carbocycles. The minimum Gasteiger partial charge on any atom is -0.488 e. The molecule has 0 aromatic heterocycles. The summed E-state index contributed by atoms with van der Waals surface area (Å²) >= 11 is 0.825. The minimum absolute atomic E-state index is 0.246. The van der Waals surface area contributed by atoms with E-state index in [1.54, 1.807) is 6.08 Å². The zero-order valence-corrected chi connectivity index (χ0v) is 21.9. The normalized spacial score (nSPS) is 14.4. The molecule has 1 saturated heterocycles. The lowest BCUT2D eigenvalue weighted by Gasteiger charge is -2.14. The largest absolute Gasteiger partial charge is 0.488 e. The van der Waals surface area contributed by atoms with Crippen molar-refractivity contribution in [3.63, 3.8) is 0 Å². The van der Waals surface area contributed by atoms with Gasteiger partial charge in [0.25, 0.3) is 11.1 Å². The van der Waals surface area contributed by atoms with Crippen LogP contribution in [0.2, 0.25) is 0 Å². The highest BCUT2D eigenvalue weighted by Crippen LogP contribution is 2.37. The van der Waals surface area contributed by atoms with Gasteiger partial charge in [-0.2, -0.15) is 0 Å². The van der Waals surface area contributed by atoms with Crippen LogP contribution in [0.25, 0.3) is 16.8 Å². The Balaban J connectivity index is 1.39. The Morgan fingerprint density at radius 1 is 0.947 bits per heavy atom. The van der Waals surface area contributed by atoms with E-state index in [1.807, 2.05) is 98.8 Å². The van der Waals surface area contributed by atoms with Crippen molar-refractivity contribution in [2.45, 2.75) is 20.5 Å². The number of nitrogens with one attached hydrogen (secondary N) is 1. The molecule has 0 bridgehead atoms. The van der Waals surface area contributed by atoms with Crippen LogP contribution < -0.4 is 10.1 Å². The molecule has 0 unspecified atom stereocenters. The van der Waals surface area contributed by atoms with E-state index in [0.29, 0.717) is 23.6 Å². The maximum atomic E-state index is 13.2. The molecule has 6 nitrogen and oxygen atoms in total. The van der Waals surface area contributed by atoms with Crippen molar-refractivity contribution in [2.75, 3.05) is 11.9 Å². The van der Waals surface area contributed by atoms with Crippen LogP contribution in [0, 0.1) is 13.8 Å². The van der Waals surface area contributed by atoms with Gasteiger partial charge in [0.05, 0.1) is 4.91 Å². The lowest BCUT2D eigenvalue weighted by atomic mass is 10.0. The molecule has 7 heteroatoms. The molecule has 1 aliphatic rings. The first-order valence-electron chi connectivity index (χ1n) is 12.2. The second kappa shape index (κ2) is 10.9. The molecule has 4 aromatic rings. The van der Waals surface area contributed by atoms with Crippen molar-refractivity contribution in [2.24, 2.45) is 0 Å². The molecule has 5 rings (SSSR count). The fourth-order valence-electron chi connectivity index (χ4n) is 4.34. The number of hydrogen-bond donors (Lipinski definition) is 1. The van der Waals surface area contributed by atoms with Crippen molar-refractivity contribution < 1.29 is 19.1 Å². The minimum atomic E-state index is -0.502. The standard InChI is InChI=1S/C31H26N2O4S/c1-20-12-14-26(21(2)16-20)32-29(34)18-33-30(35)28(38-31(33)36)17-25-24-11-7-6-10-23(24)13-15-27(25)37-19-22-8-4-3-5-9-22/h3-17H,18-19H2,1-2H3,(H,32,34)/b28-17+. The zero-order chi connectivity index (χ0) is 26.6. The third-order valence-corrected chi connectivity index (χ3v) is 7.18. The molecule has 190 valence electrons. The second-order valence-electron chi connectivity index (χ2n) is 9.11. The number of thioether (sulfide) groups is 1. The number of rotatable bonds is 7. The SMILES string of the molecule is Cc1ccc(NC(=O)CN2C(=O)S/C(=C/c3c(OCc4ccccc4)ccc4ccccc34)C2=O)c(C)c1. The number of imide groups is 1. The first kappa shape index (κ1) is 25.3. The van der Waals surface area contributed by atoms with Gasteiger partial charge in [-0.3, -0.25) is 19.3 Å². The summed E-state index contributed by atoms with van der Waals surface area (Å²) in [5.41, 5.74) is 4.37. The van der Waals surface area contributed by atoms with E-state index < -0.39 is 17.1 Å². The lowest BCUT2D eigenvalue weighted by molar-refractivity contribution is -0.127. The third kappa shape index (κ3) is 5.48. The van der Waals surface area contributed by atoms with Gasteiger partial charge in [0.1, 0.15) is 18.9 Å². The van der Waals surface area contributed by atoms with Crippen LogP contribution in [0.4, 0.5) is 10.5 Å². The van der Waals surface area contributed by atoms with Crippen LogP contribution >= 0.6 is 11.8 Å². The third-order valence-electron chi connectivity index (χ3n) is 6.27. The zero-order valence-electron chi connectivity index (χ0n) is 21.1. The summed E-state index contributed by atoms with van der Waals surface area (Å²) in [5, 5.41) is 4.20.